The molecule has 0 spiro atoms. The number of hydrogen-bond donors (Lipinski definition) is 1. The fraction of sp³-hybridized carbons (Fsp3) is 0.412. The number of aromatic nitrogens is 2. The molecular formula is C17H19N3O3. The lowest BCUT2D eigenvalue weighted by molar-refractivity contribution is -0.122. The van der Waals surface area contributed by atoms with Crippen molar-refractivity contribution < 1.29 is 14.3 Å². The second kappa shape index (κ2) is 5.95. The summed E-state index contributed by atoms with van der Waals surface area (Å²) in [5.74, 6) is 2.74. The molecule has 120 valence electrons. The zero-order chi connectivity index (χ0) is 15.6. The summed E-state index contributed by atoms with van der Waals surface area (Å²) in [6.07, 6.45) is 6.84. The SMILES string of the molecule is O=C(CCc1ccc2c(c1)OCO2)N[C@H]1CCc2nccn2C1. The van der Waals surface area contributed by atoms with E-state index in [2.05, 4.69) is 14.9 Å². The van der Waals surface area contributed by atoms with Crippen LogP contribution in [0.4, 0.5) is 0 Å². The Morgan fingerprint density at radius 3 is 3.22 bits per heavy atom. The van der Waals surface area contributed by atoms with Crippen LogP contribution in [0.25, 0.3) is 0 Å². The highest BCUT2D eigenvalue weighted by molar-refractivity contribution is 5.76. The van der Waals surface area contributed by atoms with Gasteiger partial charge in [0.25, 0.3) is 0 Å². The smallest absolute Gasteiger partial charge is 0.231 e. The molecule has 2 aromatic rings. The molecular weight excluding hydrogens is 294 g/mol. The molecule has 1 N–H and O–H groups in total. The van der Waals surface area contributed by atoms with Crippen LogP contribution in [0.2, 0.25) is 0 Å². The quantitative estimate of drug-likeness (QED) is 0.932. The fourth-order valence-electron chi connectivity index (χ4n) is 3.14. The van der Waals surface area contributed by atoms with Gasteiger partial charge < -0.3 is 19.4 Å². The highest BCUT2D eigenvalue weighted by Gasteiger charge is 2.20. The van der Waals surface area contributed by atoms with E-state index in [9.17, 15) is 4.79 Å². The summed E-state index contributed by atoms with van der Waals surface area (Å²) in [6, 6.07) is 6.03. The third-order valence-corrected chi connectivity index (χ3v) is 4.38. The first kappa shape index (κ1) is 14.1. The molecule has 0 bridgehead atoms. The van der Waals surface area contributed by atoms with Gasteiger partial charge in [0.15, 0.2) is 11.5 Å². The van der Waals surface area contributed by atoms with Crippen molar-refractivity contribution in [2.45, 2.75) is 38.3 Å². The van der Waals surface area contributed by atoms with Gasteiger partial charge in [0.1, 0.15) is 5.82 Å². The molecule has 1 amide bonds. The maximum atomic E-state index is 12.2. The Bertz CT molecular complexity index is 726. The Morgan fingerprint density at radius 2 is 2.26 bits per heavy atom. The third-order valence-electron chi connectivity index (χ3n) is 4.38. The molecule has 0 unspecified atom stereocenters. The van der Waals surface area contributed by atoms with Gasteiger partial charge in [-0.05, 0) is 30.5 Å². The first-order chi connectivity index (χ1) is 11.3. The van der Waals surface area contributed by atoms with Crippen molar-refractivity contribution in [1.29, 1.82) is 0 Å². The number of rotatable bonds is 4. The van der Waals surface area contributed by atoms with Crippen molar-refractivity contribution in [2.24, 2.45) is 0 Å². The number of benzene rings is 1. The number of carbonyl (C=O) groups excluding carboxylic acids is 1. The van der Waals surface area contributed by atoms with Crippen molar-refractivity contribution in [3.05, 3.63) is 42.0 Å². The molecule has 4 rings (SSSR count). The van der Waals surface area contributed by atoms with Crippen molar-refractivity contribution in [3.8, 4) is 11.5 Å². The molecule has 1 atom stereocenters. The minimum atomic E-state index is 0.0937. The van der Waals surface area contributed by atoms with Crippen LogP contribution in [0, 0.1) is 0 Å². The molecule has 23 heavy (non-hydrogen) atoms. The van der Waals surface area contributed by atoms with Gasteiger partial charge >= 0.3 is 0 Å². The number of nitrogens with zero attached hydrogens (tertiary/aromatic N) is 2. The number of nitrogens with one attached hydrogen (secondary N) is 1. The summed E-state index contributed by atoms with van der Waals surface area (Å²) < 4.78 is 12.8. The Kier molecular flexibility index (Phi) is 3.65. The van der Waals surface area contributed by atoms with Crippen LogP contribution in [-0.2, 0) is 24.2 Å². The summed E-state index contributed by atoms with van der Waals surface area (Å²) in [5.41, 5.74) is 1.09. The minimum Gasteiger partial charge on any atom is -0.454 e. The lowest BCUT2D eigenvalue weighted by atomic mass is 10.1. The van der Waals surface area contributed by atoms with Gasteiger partial charge in [0.2, 0.25) is 12.7 Å². The van der Waals surface area contributed by atoms with Gasteiger partial charge in [0.05, 0.1) is 0 Å². The number of hydrogen-bond acceptors (Lipinski definition) is 4. The summed E-state index contributed by atoms with van der Waals surface area (Å²) in [4.78, 5) is 16.5. The van der Waals surface area contributed by atoms with Crippen LogP contribution >= 0.6 is 0 Å². The van der Waals surface area contributed by atoms with E-state index in [0.717, 1.165) is 42.3 Å². The Balaban J connectivity index is 1.29. The van der Waals surface area contributed by atoms with E-state index >= 15 is 0 Å². The van der Waals surface area contributed by atoms with E-state index in [4.69, 9.17) is 9.47 Å². The maximum absolute atomic E-state index is 12.2. The molecule has 1 aromatic heterocycles. The minimum absolute atomic E-state index is 0.0937. The van der Waals surface area contributed by atoms with E-state index in [1.54, 1.807) is 0 Å². The average Bonchev–Trinajstić information content (AvgIpc) is 3.20. The summed E-state index contributed by atoms with van der Waals surface area (Å²) in [7, 11) is 0. The normalized spacial score (nSPS) is 18.5. The summed E-state index contributed by atoms with van der Waals surface area (Å²) in [6.45, 7) is 1.09. The van der Waals surface area contributed by atoms with E-state index in [-0.39, 0.29) is 18.7 Å². The van der Waals surface area contributed by atoms with Gasteiger partial charge in [-0.1, -0.05) is 6.07 Å². The van der Waals surface area contributed by atoms with Crippen molar-refractivity contribution in [2.75, 3.05) is 6.79 Å². The molecule has 0 saturated heterocycles. The van der Waals surface area contributed by atoms with E-state index < -0.39 is 0 Å². The van der Waals surface area contributed by atoms with Gasteiger partial charge in [-0.3, -0.25) is 4.79 Å². The Hall–Kier alpha value is -2.50. The summed E-state index contributed by atoms with van der Waals surface area (Å²) >= 11 is 0. The monoisotopic (exact) mass is 313 g/mol. The van der Waals surface area contributed by atoms with E-state index in [0.29, 0.717) is 12.8 Å². The average molecular weight is 313 g/mol. The fourth-order valence-corrected chi connectivity index (χ4v) is 3.14. The van der Waals surface area contributed by atoms with Gasteiger partial charge in [-0.25, -0.2) is 4.98 Å². The zero-order valence-electron chi connectivity index (χ0n) is 12.8. The first-order valence-corrected chi connectivity index (χ1v) is 7.96. The molecule has 1 aromatic carbocycles. The Morgan fingerprint density at radius 1 is 1.35 bits per heavy atom. The van der Waals surface area contributed by atoms with Crippen molar-refractivity contribution in [3.63, 3.8) is 0 Å². The molecule has 0 saturated carbocycles. The number of carbonyl (C=O) groups is 1. The molecule has 0 fully saturated rings. The Labute approximate surface area is 134 Å². The van der Waals surface area contributed by atoms with Crippen molar-refractivity contribution >= 4 is 5.91 Å². The predicted octanol–water partition coefficient (Wildman–Crippen LogP) is 1.68. The van der Waals surface area contributed by atoms with Gasteiger partial charge in [-0.2, -0.15) is 0 Å². The number of fused-ring (bicyclic) bond motifs is 2. The first-order valence-electron chi connectivity index (χ1n) is 7.96. The molecule has 0 radical (unpaired) electrons. The highest BCUT2D eigenvalue weighted by atomic mass is 16.7. The van der Waals surface area contributed by atoms with Gasteiger partial charge in [0, 0.05) is 37.8 Å². The van der Waals surface area contributed by atoms with E-state index in [1.807, 2.05) is 30.6 Å². The zero-order valence-corrected chi connectivity index (χ0v) is 12.8. The standard InChI is InChI=1S/C17H19N3O3/c21-17(19-13-3-5-16-18-7-8-20(16)10-13)6-2-12-1-4-14-15(9-12)23-11-22-14/h1,4,7-9,13H,2-3,5-6,10-11H2,(H,19,21)/t13-/m0/s1. The van der Waals surface area contributed by atoms with Crippen LogP contribution in [0.15, 0.2) is 30.6 Å². The van der Waals surface area contributed by atoms with Crippen LogP contribution in [0.3, 0.4) is 0 Å². The van der Waals surface area contributed by atoms with Crippen molar-refractivity contribution in [1.82, 2.24) is 14.9 Å². The topological polar surface area (TPSA) is 65.4 Å². The van der Waals surface area contributed by atoms with Crippen LogP contribution in [-0.4, -0.2) is 28.3 Å². The molecule has 3 heterocycles. The summed E-state index contributed by atoms with van der Waals surface area (Å²) in [5, 5.41) is 3.13. The number of imidazole rings is 1. The lowest BCUT2D eigenvalue weighted by Crippen LogP contribution is -2.40. The number of amides is 1. The number of ether oxygens (including phenoxy) is 2. The molecule has 2 aliphatic rings. The number of aryl methyl sites for hydroxylation is 2. The second-order valence-electron chi connectivity index (χ2n) is 5.99. The largest absolute Gasteiger partial charge is 0.454 e. The second-order valence-corrected chi connectivity index (χ2v) is 5.99. The highest BCUT2D eigenvalue weighted by Crippen LogP contribution is 2.32. The molecule has 6 nitrogen and oxygen atoms in total. The van der Waals surface area contributed by atoms with Crippen LogP contribution < -0.4 is 14.8 Å². The van der Waals surface area contributed by atoms with E-state index in [1.165, 1.54) is 0 Å². The molecule has 6 heteroatoms. The van der Waals surface area contributed by atoms with Gasteiger partial charge in [-0.15, -0.1) is 0 Å². The molecule has 0 aliphatic carbocycles. The lowest BCUT2D eigenvalue weighted by Gasteiger charge is -2.24. The molecule has 2 aliphatic heterocycles. The maximum Gasteiger partial charge on any atom is 0.231 e. The van der Waals surface area contributed by atoms with Crippen LogP contribution in [0.5, 0.6) is 11.5 Å². The predicted molar refractivity (Wildman–Crippen MR) is 83.4 cm³/mol. The van der Waals surface area contributed by atoms with Crippen LogP contribution in [0.1, 0.15) is 24.2 Å². The third kappa shape index (κ3) is 3.02.